The molecule has 2 N–H and O–H groups in total. The largest absolute Gasteiger partial charge is 0.488 e. The smallest absolute Gasteiger partial charge is 0.148 e. The second-order valence-corrected chi connectivity index (χ2v) is 6.71. The Kier molecular flexibility index (Phi) is 6.33. The van der Waals surface area contributed by atoms with Gasteiger partial charge in [0.15, 0.2) is 0 Å². The van der Waals surface area contributed by atoms with Crippen molar-refractivity contribution >= 4 is 22.8 Å². The fraction of sp³-hybridized carbons (Fsp3) is 0.368. The molecule has 0 aliphatic carbocycles. The third kappa shape index (κ3) is 5.22. The molecule has 6 heteroatoms. The first-order valence-electron chi connectivity index (χ1n) is 8.52. The lowest BCUT2D eigenvalue weighted by Crippen LogP contribution is -2.36. The number of hydrogen-bond acceptors (Lipinski definition) is 6. The summed E-state index contributed by atoms with van der Waals surface area (Å²) in [6.45, 7) is 2.87. The van der Waals surface area contributed by atoms with E-state index in [4.69, 9.17) is 4.74 Å². The summed E-state index contributed by atoms with van der Waals surface area (Å²) in [4.78, 5) is 0. The Balaban J connectivity index is 1.39. The standard InChI is InChI=1S/C19H23N3O2S/c1-14(10-11-15-6-3-2-4-7-15)20-12-16(23)13-24-18-9-5-8-17-19(18)22-25-21-17/h2-9,14,16,20,23H,10-13H2,1H3. The van der Waals surface area contributed by atoms with Gasteiger partial charge in [-0.05, 0) is 37.5 Å². The Hall–Kier alpha value is -2.02. The highest BCUT2D eigenvalue weighted by Gasteiger charge is 2.11. The summed E-state index contributed by atoms with van der Waals surface area (Å²) in [6.07, 6.45) is 1.49. The van der Waals surface area contributed by atoms with E-state index in [-0.39, 0.29) is 6.61 Å². The van der Waals surface area contributed by atoms with Crippen molar-refractivity contribution in [3.05, 3.63) is 54.1 Å². The molecule has 3 rings (SSSR count). The van der Waals surface area contributed by atoms with Crippen molar-refractivity contribution in [3.63, 3.8) is 0 Å². The first-order valence-corrected chi connectivity index (χ1v) is 9.25. The van der Waals surface area contributed by atoms with Gasteiger partial charge in [0, 0.05) is 12.6 Å². The van der Waals surface area contributed by atoms with Crippen LogP contribution in [-0.4, -0.2) is 39.2 Å². The highest BCUT2D eigenvalue weighted by Crippen LogP contribution is 2.23. The van der Waals surface area contributed by atoms with E-state index < -0.39 is 6.10 Å². The van der Waals surface area contributed by atoms with E-state index in [0.29, 0.717) is 18.3 Å². The van der Waals surface area contributed by atoms with E-state index in [2.05, 4.69) is 45.3 Å². The third-order valence-corrected chi connectivity index (χ3v) is 4.63. The van der Waals surface area contributed by atoms with Gasteiger partial charge in [0.05, 0.1) is 11.7 Å². The third-order valence-electron chi connectivity index (χ3n) is 4.09. The monoisotopic (exact) mass is 357 g/mol. The van der Waals surface area contributed by atoms with Crippen molar-refractivity contribution in [2.45, 2.75) is 31.9 Å². The minimum Gasteiger partial charge on any atom is -0.488 e. The minimum absolute atomic E-state index is 0.231. The molecule has 0 saturated heterocycles. The molecule has 0 amide bonds. The zero-order valence-corrected chi connectivity index (χ0v) is 15.1. The highest BCUT2D eigenvalue weighted by atomic mass is 32.1. The molecular formula is C19H23N3O2S. The fourth-order valence-corrected chi connectivity index (χ4v) is 3.15. The average Bonchev–Trinajstić information content (AvgIpc) is 3.13. The molecule has 0 spiro atoms. The number of rotatable bonds is 9. The van der Waals surface area contributed by atoms with Gasteiger partial charge in [-0.2, -0.15) is 8.75 Å². The topological polar surface area (TPSA) is 67.3 Å². The van der Waals surface area contributed by atoms with E-state index >= 15 is 0 Å². The molecule has 1 heterocycles. The number of aliphatic hydroxyl groups is 1. The summed E-state index contributed by atoms with van der Waals surface area (Å²) in [5.41, 5.74) is 2.92. The average molecular weight is 357 g/mol. The molecular weight excluding hydrogens is 334 g/mol. The highest BCUT2D eigenvalue weighted by molar-refractivity contribution is 7.00. The molecule has 1 aromatic heterocycles. The van der Waals surface area contributed by atoms with Gasteiger partial charge in [-0.3, -0.25) is 0 Å². The molecule has 2 unspecified atom stereocenters. The number of fused-ring (bicyclic) bond motifs is 1. The molecule has 0 bridgehead atoms. The molecule has 132 valence electrons. The van der Waals surface area contributed by atoms with E-state index in [1.54, 1.807) is 0 Å². The second-order valence-electron chi connectivity index (χ2n) is 6.19. The van der Waals surface area contributed by atoms with Crippen LogP contribution in [0.2, 0.25) is 0 Å². The predicted molar refractivity (Wildman–Crippen MR) is 101 cm³/mol. The van der Waals surface area contributed by atoms with Crippen molar-refractivity contribution in [2.24, 2.45) is 0 Å². The molecule has 0 fully saturated rings. The quantitative estimate of drug-likeness (QED) is 0.616. The van der Waals surface area contributed by atoms with Crippen molar-refractivity contribution in [2.75, 3.05) is 13.2 Å². The van der Waals surface area contributed by atoms with Gasteiger partial charge in [-0.1, -0.05) is 36.4 Å². The van der Waals surface area contributed by atoms with Crippen LogP contribution in [-0.2, 0) is 6.42 Å². The van der Waals surface area contributed by atoms with Crippen molar-refractivity contribution < 1.29 is 9.84 Å². The SMILES string of the molecule is CC(CCc1ccccc1)NCC(O)COc1cccc2nsnc12. The van der Waals surface area contributed by atoms with Gasteiger partial charge in [-0.15, -0.1) is 0 Å². The Morgan fingerprint density at radius 3 is 2.80 bits per heavy atom. The second kappa shape index (κ2) is 8.89. The summed E-state index contributed by atoms with van der Waals surface area (Å²) in [5, 5.41) is 13.5. The van der Waals surface area contributed by atoms with Crippen molar-refractivity contribution in [1.29, 1.82) is 0 Å². The summed E-state index contributed by atoms with van der Waals surface area (Å²) in [7, 11) is 0. The van der Waals surface area contributed by atoms with Crippen molar-refractivity contribution in [3.8, 4) is 5.75 Å². The Labute approximate surface area is 152 Å². The molecule has 2 aromatic carbocycles. The normalized spacial score (nSPS) is 13.7. The maximum absolute atomic E-state index is 10.1. The van der Waals surface area contributed by atoms with Crippen LogP contribution in [0, 0.1) is 0 Å². The van der Waals surface area contributed by atoms with Crippen LogP contribution in [0.25, 0.3) is 11.0 Å². The summed E-state index contributed by atoms with van der Waals surface area (Å²) >= 11 is 1.16. The van der Waals surface area contributed by atoms with E-state index in [1.807, 2.05) is 24.3 Å². The molecule has 25 heavy (non-hydrogen) atoms. The molecule has 2 atom stereocenters. The van der Waals surface area contributed by atoms with Gasteiger partial charge in [0.2, 0.25) is 0 Å². The van der Waals surface area contributed by atoms with E-state index in [9.17, 15) is 5.11 Å². The zero-order chi connectivity index (χ0) is 17.5. The van der Waals surface area contributed by atoms with Crippen LogP contribution in [0.15, 0.2) is 48.5 Å². The van der Waals surface area contributed by atoms with Gasteiger partial charge in [0.25, 0.3) is 0 Å². The number of nitrogens with one attached hydrogen (secondary N) is 1. The molecule has 5 nitrogen and oxygen atoms in total. The number of aryl methyl sites for hydroxylation is 1. The van der Waals surface area contributed by atoms with Crippen LogP contribution in [0.4, 0.5) is 0 Å². The molecule has 0 aliphatic heterocycles. The maximum Gasteiger partial charge on any atom is 0.148 e. The summed E-state index contributed by atoms with van der Waals surface area (Å²) in [6, 6.07) is 16.4. The van der Waals surface area contributed by atoms with Crippen LogP contribution >= 0.6 is 11.7 Å². The molecule has 0 radical (unpaired) electrons. The zero-order valence-electron chi connectivity index (χ0n) is 14.3. The van der Waals surface area contributed by atoms with Gasteiger partial charge < -0.3 is 15.2 Å². The maximum atomic E-state index is 10.1. The number of aliphatic hydroxyl groups excluding tert-OH is 1. The molecule has 3 aromatic rings. The number of ether oxygens (including phenoxy) is 1. The van der Waals surface area contributed by atoms with Gasteiger partial charge in [-0.25, -0.2) is 0 Å². The fourth-order valence-electron chi connectivity index (χ4n) is 2.61. The number of aromatic nitrogens is 2. The Morgan fingerprint density at radius 1 is 1.12 bits per heavy atom. The van der Waals surface area contributed by atoms with Crippen molar-refractivity contribution in [1.82, 2.24) is 14.1 Å². The van der Waals surface area contributed by atoms with Crippen LogP contribution in [0.1, 0.15) is 18.9 Å². The van der Waals surface area contributed by atoms with E-state index in [0.717, 1.165) is 35.6 Å². The van der Waals surface area contributed by atoms with Crippen LogP contribution in [0.5, 0.6) is 5.75 Å². The Morgan fingerprint density at radius 2 is 1.96 bits per heavy atom. The Bertz CT molecular complexity index is 778. The first kappa shape index (κ1) is 17.8. The summed E-state index contributed by atoms with van der Waals surface area (Å²) < 4.78 is 14.1. The number of nitrogens with zero attached hydrogens (tertiary/aromatic N) is 2. The van der Waals surface area contributed by atoms with Crippen LogP contribution in [0.3, 0.4) is 0 Å². The lowest BCUT2D eigenvalue weighted by atomic mass is 10.1. The van der Waals surface area contributed by atoms with E-state index in [1.165, 1.54) is 5.56 Å². The molecule has 0 aliphatic rings. The van der Waals surface area contributed by atoms with Gasteiger partial charge in [0.1, 0.15) is 29.5 Å². The van der Waals surface area contributed by atoms with Crippen LogP contribution < -0.4 is 10.1 Å². The minimum atomic E-state index is -0.568. The lowest BCUT2D eigenvalue weighted by Gasteiger charge is -2.17. The predicted octanol–water partition coefficient (Wildman–Crippen LogP) is 3.04. The summed E-state index contributed by atoms with van der Waals surface area (Å²) in [5.74, 6) is 0.669. The number of benzene rings is 2. The number of hydrogen-bond donors (Lipinski definition) is 2. The van der Waals surface area contributed by atoms with Gasteiger partial charge >= 0.3 is 0 Å². The first-order chi connectivity index (χ1) is 12.2. The molecule has 0 saturated carbocycles. The lowest BCUT2D eigenvalue weighted by molar-refractivity contribution is 0.104.